The maximum atomic E-state index is 10.7. The molecule has 1 saturated heterocycles. The highest BCUT2D eigenvalue weighted by Crippen LogP contribution is 2.01. The van der Waals surface area contributed by atoms with Crippen LogP contribution in [0.4, 0.5) is 4.79 Å². The molecule has 0 aromatic carbocycles. The van der Waals surface area contributed by atoms with Gasteiger partial charge in [-0.05, 0) is 0 Å². The van der Waals surface area contributed by atoms with Crippen LogP contribution in [0.15, 0.2) is 0 Å². The van der Waals surface area contributed by atoms with E-state index in [1.165, 1.54) is 4.90 Å². The number of amides is 2. The summed E-state index contributed by atoms with van der Waals surface area (Å²) >= 11 is 0. The molecule has 0 aromatic heterocycles. The standard InChI is InChI=1S/C5H9N2O/c1-6-3-4-7(2)5(6)8/h1,3-4H2,2H3. The Hall–Kier alpha value is -0.730. The fourth-order valence-electron chi connectivity index (χ4n) is 0.703. The number of likely N-dealkylation sites (N-methyl/N-ethyl adjacent to an activating group) is 1. The lowest BCUT2D eigenvalue weighted by molar-refractivity contribution is 0.209. The maximum absolute atomic E-state index is 10.7. The zero-order valence-corrected chi connectivity index (χ0v) is 4.92. The Morgan fingerprint density at radius 3 is 2.38 bits per heavy atom. The maximum Gasteiger partial charge on any atom is 0.319 e. The summed E-state index contributed by atoms with van der Waals surface area (Å²) in [5.41, 5.74) is 0. The molecule has 0 unspecified atom stereocenters. The van der Waals surface area contributed by atoms with Gasteiger partial charge < -0.3 is 9.80 Å². The second kappa shape index (κ2) is 1.65. The molecule has 0 N–H and O–H groups in total. The van der Waals surface area contributed by atoms with Crippen molar-refractivity contribution in [2.75, 3.05) is 20.1 Å². The van der Waals surface area contributed by atoms with Gasteiger partial charge in [-0.1, -0.05) is 0 Å². The molecule has 0 aromatic rings. The highest BCUT2D eigenvalue weighted by atomic mass is 16.2. The summed E-state index contributed by atoms with van der Waals surface area (Å²) in [5.74, 6) is 0. The number of nitrogens with zero attached hydrogens (tertiary/aromatic N) is 2. The van der Waals surface area contributed by atoms with Gasteiger partial charge >= 0.3 is 6.03 Å². The molecule has 0 saturated carbocycles. The molecule has 3 nitrogen and oxygen atoms in total. The molecule has 0 spiro atoms. The minimum atomic E-state index is 0.0185. The number of carbonyl (C=O) groups is 1. The quantitative estimate of drug-likeness (QED) is 0.438. The van der Waals surface area contributed by atoms with E-state index in [9.17, 15) is 4.79 Å². The summed E-state index contributed by atoms with van der Waals surface area (Å²) in [7, 11) is 5.28. The van der Waals surface area contributed by atoms with Crippen molar-refractivity contribution in [2.24, 2.45) is 0 Å². The molecule has 1 rings (SSSR count). The van der Waals surface area contributed by atoms with Gasteiger partial charge in [-0.15, -0.1) is 0 Å². The van der Waals surface area contributed by atoms with E-state index in [0.717, 1.165) is 13.1 Å². The lowest BCUT2D eigenvalue weighted by atomic mass is 10.6. The van der Waals surface area contributed by atoms with Crippen LogP contribution in [0, 0.1) is 7.05 Å². The SMILES string of the molecule is [CH2]N1CCN(C)C1=O. The summed E-state index contributed by atoms with van der Waals surface area (Å²) in [6.07, 6.45) is 0. The third-order valence-corrected chi connectivity index (χ3v) is 1.30. The summed E-state index contributed by atoms with van der Waals surface area (Å²) in [5, 5.41) is 0. The fraction of sp³-hybridized carbons (Fsp3) is 0.600. The van der Waals surface area contributed by atoms with E-state index in [1.807, 2.05) is 0 Å². The van der Waals surface area contributed by atoms with Gasteiger partial charge in [-0.3, -0.25) is 0 Å². The van der Waals surface area contributed by atoms with Gasteiger partial charge in [-0.2, -0.15) is 0 Å². The van der Waals surface area contributed by atoms with Crippen LogP contribution in [-0.4, -0.2) is 36.0 Å². The zero-order valence-electron chi connectivity index (χ0n) is 4.92. The Balaban J connectivity index is 2.57. The third kappa shape index (κ3) is 0.638. The van der Waals surface area contributed by atoms with Crippen molar-refractivity contribution in [1.29, 1.82) is 0 Å². The van der Waals surface area contributed by atoms with Crippen LogP contribution in [0.25, 0.3) is 0 Å². The highest BCUT2D eigenvalue weighted by molar-refractivity contribution is 5.76. The van der Waals surface area contributed by atoms with Gasteiger partial charge in [0, 0.05) is 27.2 Å². The average molecular weight is 113 g/mol. The Kier molecular flexibility index (Phi) is 1.12. The topological polar surface area (TPSA) is 23.6 Å². The van der Waals surface area contributed by atoms with Crippen LogP contribution < -0.4 is 0 Å². The molecule has 2 amide bonds. The molecule has 3 heteroatoms. The van der Waals surface area contributed by atoms with E-state index in [-0.39, 0.29) is 6.03 Å². The van der Waals surface area contributed by atoms with Crippen LogP contribution in [0.5, 0.6) is 0 Å². The van der Waals surface area contributed by atoms with Gasteiger partial charge in [0.15, 0.2) is 0 Å². The van der Waals surface area contributed by atoms with Gasteiger partial charge in [0.25, 0.3) is 0 Å². The number of hydrogen-bond donors (Lipinski definition) is 0. The van der Waals surface area contributed by atoms with E-state index < -0.39 is 0 Å². The molecule has 1 fully saturated rings. The average Bonchev–Trinajstić information content (AvgIpc) is 1.98. The van der Waals surface area contributed by atoms with Gasteiger partial charge in [-0.25, -0.2) is 4.79 Å². The second-order valence-electron chi connectivity index (χ2n) is 1.97. The normalized spacial score (nSPS) is 20.5. The second-order valence-corrected chi connectivity index (χ2v) is 1.97. The zero-order chi connectivity index (χ0) is 6.15. The Labute approximate surface area is 48.9 Å². The molecule has 0 aliphatic carbocycles. The lowest BCUT2D eigenvalue weighted by Gasteiger charge is -2.07. The summed E-state index contributed by atoms with van der Waals surface area (Å²) < 4.78 is 0. The molecule has 1 aliphatic heterocycles. The molecule has 8 heavy (non-hydrogen) atoms. The van der Waals surface area contributed by atoms with Crippen LogP contribution in [0.3, 0.4) is 0 Å². The van der Waals surface area contributed by atoms with E-state index in [1.54, 1.807) is 11.9 Å². The fourth-order valence-corrected chi connectivity index (χ4v) is 0.703. The first kappa shape index (κ1) is 5.41. The van der Waals surface area contributed by atoms with E-state index in [0.29, 0.717) is 0 Å². The van der Waals surface area contributed by atoms with Gasteiger partial charge in [0.1, 0.15) is 0 Å². The van der Waals surface area contributed by atoms with E-state index in [2.05, 4.69) is 7.05 Å². The molecule has 45 valence electrons. The Morgan fingerprint density at radius 2 is 2.25 bits per heavy atom. The van der Waals surface area contributed by atoms with Gasteiger partial charge in [0.05, 0.1) is 0 Å². The van der Waals surface area contributed by atoms with Crippen molar-refractivity contribution in [3.63, 3.8) is 0 Å². The number of hydrogen-bond acceptors (Lipinski definition) is 1. The van der Waals surface area contributed by atoms with Crippen LogP contribution in [0.2, 0.25) is 0 Å². The molecule has 0 atom stereocenters. The first-order valence-corrected chi connectivity index (χ1v) is 2.55. The van der Waals surface area contributed by atoms with E-state index >= 15 is 0 Å². The van der Waals surface area contributed by atoms with Crippen LogP contribution >= 0.6 is 0 Å². The highest BCUT2D eigenvalue weighted by Gasteiger charge is 2.20. The minimum absolute atomic E-state index is 0.0185. The molecule has 1 aliphatic rings. The third-order valence-electron chi connectivity index (χ3n) is 1.30. The Bertz CT molecular complexity index is 101. The van der Waals surface area contributed by atoms with Crippen molar-refractivity contribution >= 4 is 6.03 Å². The lowest BCUT2D eigenvalue weighted by Crippen LogP contribution is -2.24. The summed E-state index contributed by atoms with van der Waals surface area (Å²) in [6, 6.07) is 0.0185. The largest absolute Gasteiger partial charge is 0.326 e. The number of rotatable bonds is 0. The molecule has 1 heterocycles. The molecular formula is C5H9N2O. The summed E-state index contributed by atoms with van der Waals surface area (Å²) in [4.78, 5) is 13.8. The van der Waals surface area contributed by atoms with Crippen LogP contribution in [-0.2, 0) is 0 Å². The monoisotopic (exact) mass is 113 g/mol. The first-order valence-electron chi connectivity index (χ1n) is 2.55. The first-order chi connectivity index (χ1) is 3.72. The van der Waals surface area contributed by atoms with E-state index in [4.69, 9.17) is 0 Å². The van der Waals surface area contributed by atoms with Crippen molar-refractivity contribution in [1.82, 2.24) is 9.80 Å². The predicted molar refractivity (Wildman–Crippen MR) is 30.1 cm³/mol. The van der Waals surface area contributed by atoms with Crippen molar-refractivity contribution in [3.8, 4) is 0 Å². The smallest absolute Gasteiger partial charge is 0.319 e. The van der Waals surface area contributed by atoms with Crippen molar-refractivity contribution in [2.45, 2.75) is 0 Å². The Morgan fingerprint density at radius 1 is 1.62 bits per heavy atom. The number of carbonyl (C=O) groups excluding carboxylic acids is 1. The minimum Gasteiger partial charge on any atom is -0.326 e. The summed E-state index contributed by atoms with van der Waals surface area (Å²) in [6.45, 7) is 1.57. The molecular weight excluding hydrogens is 104 g/mol. The molecule has 1 radical (unpaired) electrons. The predicted octanol–water partition coefficient (Wildman–Crippen LogP) is 0.145. The van der Waals surface area contributed by atoms with Crippen molar-refractivity contribution in [3.05, 3.63) is 7.05 Å². The number of urea groups is 1. The van der Waals surface area contributed by atoms with Crippen LogP contribution in [0.1, 0.15) is 0 Å². The van der Waals surface area contributed by atoms with Crippen molar-refractivity contribution < 1.29 is 4.79 Å². The molecule has 0 bridgehead atoms. The van der Waals surface area contributed by atoms with Gasteiger partial charge in [0.2, 0.25) is 0 Å².